The molecule has 1 unspecified atom stereocenters. The number of hydrogen-bond donors (Lipinski definition) is 1. The Morgan fingerprint density at radius 1 is 0.939 bits per heavy atom. The number of hydrogen-bond acceptors (Lipinski definition) is 5. The van der Waals surface area contributed by atoms with E-state index in [0.29, 0.717) is 24.2 Å². The first-order valence-electron chi connectivity index (χ1n) is 11.3. The number of carbonyl (C=O) groups is 1. The van der Waals surface area contributed by atoms with Gasteiger partial charge in [-0.05, 0) is 42.6 Å². The van der Waals surface area contributed by atoms with Crippen LogP contribution in [0.4, 0.5) is 0 Å². The first-order valence-corrected chi connectivity index (χ1v) is 11.3. The van der Waals surface area contributed by atoms with Crippen LogP contribution in [-0.4, -0.2) is 45.9 Å². The van der Waals surface area contributed by atoms with E-state index in [4.69, 9.17) is 4.84 Å². The fourth-order valence-corrected chi connectivity index (χ4v) is 4.12. The minimum absolute atomic E-state index is 0.243. The van der Waals surface area contributed by atoms with Crippen LogP contribution in [0.5, 0.6) is 0 Å². The Kier molecular flexibility index (Phi) is 7.85. The fraction of sp³-hybridized carbons (Fsp3) is 0.259. The smallest absolute Gasteiger partial charge is 0.278 e. The Labute approximate surface area is 194 Å². The minimum Gasteiger partial charge on any atom is -0.411 e. The van der Waals surface area contributed by atoms with Crippen molar-refractivity contribution in [1.29, 1.82) is 0 Å². The molecule has 1 N–H and O–H groups in total. The summed E-state index contributed by atoms with van der Waals surface area (Å²) in [4.78, 5) is 22.0. The van der Waals surface area contributed by atoms with Crippen molar-refractivity contribution in [2.24, 2.45) is 5.16 Å². The molecule has 3 aromatic carbocycles. The summed E-state index contributed by atoms with van der Waals surface area (Å²) in [6, 6.07) is 28.6. The van der Waals surface area contributed by atoms with Crippen molar-refractivity contribution in [3.8, 4) is 0 Å². The van der Waals surface area contributed by atoms with Crippen LogP contribution in [0.1, 0.15) is 34.3 Å². The van der Waals surface area contributed by atoms with Gasteiger partial charge in [0, 0.05) is 18.7 Å². The molecule has 170 valence electrons. The fourth-order valence-electron chi connectivity index (χ4n) is 4.12. The number of rotatable bonds is 7. The van der Waals surface area contributed by atoms with Gasteiger partial charge in [-0.25, -0.2) is 5.06 Å². The Morgan fingerprint density at radius 3 is 2.18 bits per heavy atom. The number of likely N-dealkylation sites (tertiary alicyclic amines) is 1. The van der Waals surface area contributed by atoms with Gasteiger partial charge in [0.1, 0.15) is 12.6 Å². The molecule has 1 saturated heterocycles. The van der Waals surface area contributed by atoms with E-state index in [1.54, 1.807) is 12.1 Å². The van der Waals surface area contributed by atoms with Crippen LogP contribution >= 0.6 is 0 Å². The van der Waals surface area contributed by atoms with Gasteiger partial charge in [0.05, 0.1) is 5.71 Å². The van der Waals surface area contributed by atoms with E-state index < -0.39 is 6.04 Å². The summed E-state index contributed by atoms with van der Waals surface area (Å²) in [6.45, 7) is 2.35. The van der Waals surface area contributed by atoms with Gasteiger partial charge < -0.3 is 5.21 Å². The molecule has 4 rings (SSSR count). The lowest BCUT2D eigenvalue weighted by molar-refractivity contribution is -0.148. The van der Waals surface area contributed by atoms with Crippen LogP contribution < -0.4 is 0 Å². The standard InChI is InChI=1S/C27H29N3O3/c31-27(24-15-8-3-9-16-24)30(33-21-23-13-6-2-7-14-23)26-20-29(18-10-17-25(26)28-32)19-22-11-4-1-5-12-22/h1-9,11-16,26,32H,10,17-21H2. The number of hydroxylamine groups is 2. The quantitative estimate of drug-likeness (QED) is 0.423. The third-order valence-corrected chi connectivity index (χ3v) is 5.82. The lowest BCUT2D eigenvalue weighted by atomic mass is 10.1. The van der Waals surface area contributed by atoms with Gasteiger partial charge in [-0.3, -0.25) is 14.5 Å². The van der Waals surface area contributed by atoms with Crippen molar-refractivity contribution in [2.75, 3.05) is 13.1 Å². The van der Waals surface area contributed by atoms with Crippen molar-refractivity contribution < 1.29 is 14.8 Å². The lowest BCUT2D eigenvalue weighted by Crippen LogP contribution is -2.49. The second-order valence-corrected chi connectivity index (χ2v) is 8.19. The summed E-state index contributed by atoms with van der Waals surface area (Å²) in [5.74, 6) is -0.251. The van der Waals surface area contributed by atoms with Gasteiger partial charge in [0.25, 0.3) is 5.91 Å². The summed E-state index contributed by atoms with van der Waals surface area (Å²) in [5.41, 5.74) is 3.25. The highest BCUT2D eigenvalue weighted by Crippen LogP contribution is 2.20. The van der Waals surface area contributed by atoms with Gasteiger partial charge in [-0.1, -0.05) is 84.0 Å². The van der Waals surface area contributed by atoms with Crippen molar-refractivity contribution in [3.05, 3.63) is 108 Å². The summed E-state index contributed by atoms with van der Waals surface area (Å²) in [6.07, 6.45) is 1.44. The maximum atomic E-state index is 13.5. The second kappa shape index (κ2) is 11.4. The summed E-state index contributed by atoms with van der Waals surface area (Å²) in [7, 11) is 0. The molecule has 0 saturated carbocycles. The molecular formula is C27H29N3O3. The van der Waals surface area contributed by atoms with Crippen LogP contribution in [0, 0.1) is 0 Å². The third-order valence-electron chi connectivity index (χ3n) is 5.82. The van der Waals surface area contributed by atoms with Gasteiger partial charge in [-0.2, -0.15) is 0 Å². The van der Waals surface area contributed by atoms with Crippen LogP contribution in [-0.2, 0) is 18.0 Å². The highest BCUT2D eigenvalue weighted by Gasteiger charge is 2.34. The molecule has 0 spiro atoms. The van der Waals surface area contributed by atoms with E-state index in [1.165, 1.54) is 10.6 Å². The first kappa shape index (κ1) is 22.7. The number of benzene rings is 3. The molecule has 1 atom stereocenters. The minimum atomic E-state index is -0.502. The van der Waals surface area contributed by atoms with Gasteiger partial charge in [0.2, 0.25) is 0 Å². The van der Waals surface area contributed by atoms with Crippen LogP contribution in [0.25, 0.3) is 0 Å². The maximum absolute atomic E-state index is 13.5. The Hall–Kier alpha value is -3.48. The molecule has 1 aliphatic heterocycles. The normalized spacial score (nSPS) is 18.1. The average molecular weight is 444 g/mol. The van der Waals surface area contributed by atoms with Crippen molar-refractivity contribution in [1.82, 2.24) is 9.96 Å². The predicted octanol–water partition coefficient (Wildman–Crippen LogP) is 4.76. The van der Waals surface area contributed by atoms with E-state index in [2.05, 4.69) is 22.2 Å². The third kappa shape index (κ3) is 6.06. The Bertz CT molecular complexity index is 1040. The van der Waals surface area contributed by atoms with E-state index in [1.807, 2.05) is 66.7 Å². The number of carbonyl (C=O) groups excluding carboxylic acids is 1. The number of oxime groups is 1. The topological polar surface area (TPSA) is 65.4 Å². The first-order chi connectivity index (χ1) is 16.2. The maximum Gasteiger partial charge on any atom is 0.278 e. The van der Waals surface area contributed by atoms with E-state index >= 15 is 0 Å². The molecule has 1 heterocycles. The second-order valence-electron chi connectivity index (χ2n) is 8.19. The summed E-state index contributed by atoms with van der Waals surface area (Å²) < 4.78 is 0. The molecule has 0 radical (unpaired) electrons. The van der Waals surface area contributed by atoms with E-state index in [-0.39, 0.29) is 12.5 Å². The average Bonchev–Trinajstić information content (AvgIpc) is 3.07. The molecule has 6 heteroatoms. The Morgan fingerprint density at radius 2 is 1.55 bits per heavy atom. The van der Waals surface area contributed by atoms with Crippen LogP contribution in [0.3, 0.4) is 0 Å². The highest BCUT2D eigenvalue weighted by molar-refractivity contribution is 5.98. The molecule has 0 aliphatic carbocycles. The van der Waals surface area contributed by atoms with Crippen molar-refractivity contribution in [3.63, 3.8) is 0 Å². The van der Waals surface area contributed by atoms with Crippen molar-refractivity contribution in [2.45, 2.75) is 32.0 Å². The SMILES string of the molecule is O=C(c1ccccc1)N(OCc1ccccc1)C1CN(Cc2ccccc2)CCCC1=NO. The highest BCUT2D eigenvalue weighted by atomic mass is 16.7. The van der Waals surface area contributed by atoms with Gasteiger partial charge in [0.15, 0.2) is 0 Å². The zero-order valence-electron chi connectivity index (χ0n) is 18.6. The molecule has 1 amide bonds. The molecule has 1 aliphatic rings. The zero-order valence-corrected chi connectivity index (χ0v) is 18.6. The monoisotopic (exact) mass is 443 g/mol. The lowest BCUT2D eigenvalue weighted by Gasteiger charge is -2.33. The molecule has 3 aromatic rings. The summed E-state index contributed by atoms with van der Waals surface area (Å²) in [5, 5.41) is 14.8. The van der Waals surface area contributed by atoms with Gasteiger partial charge >= 0.3 is 0 Å². The van der Waals surface area contributed by atoms with Crippen LogP contribution in [0.15, 0.2) is 96.2 Å². The molecule has 6 nitrogen and oxygen atoms in total. The zero-order chi connectivity index (χ0) is 22.9. The Balaban J connectivity index is 1.61. The molecule has 0 aromatic heterocycles. The molecule has 1 fully saturated rings. The number of nitrogens with zero attached hydrogens (tertiary/aromatic N) is 3. The number of amides is 1. The molecular weight excluding hydrogens is 414 g/mol. The predicted molar refractivity (Wildman–Crippen MR) is 128 cm³/mol. The van der Waals surface area contributed by atoms with Gasteiger partial charge in [-0.15, -0.1) is 0 Å². The van der Waals surface area contributed by atoms with Crippen molar-refractivity contribution >= 4 is 11.6 Å². The van der Waals surface area contributed by atoms with E-state index in [0.717, 1.165) is 25.1 Å². The van der Waals surface area contributed by atoms with E-state index in [9.17, 15) is 10.0 Å². The van der Waals surface area contributed by atoms with Crippen LogP contribution in [0.2, 0.25) is 0 Å². The summed E-state index contributed by atoms with van der Waals surface area (Å²) >= 11 is 0. The largest absolute Gasteiger partial charge is 0.411 e. The molecule has 33 heavy (non-hydrogen) atoms. The molecule has 0 bridgehead atoms.